The van der Waals surface area contributed by atoms with Gasteiger partial charge in [-0.3, -0.25) is 4.79 Å². The van der Waals surface area contributed by atoms with Crippen LogP contribution in [-0.2, 0) is 14.3 Å². The Morgan fingerprint density at radius 2 is 2.00 bits per heavy atom. The maximum absolute atomic E-state index is 12.2. The average Bonchev–Trinajstić information content (AvgIpc) is 2.59. The lowest BCUT2D eigenvalue weighted by atomic mass is 9.83. The Morgan fingerprint density at radius 3 is 2.67 bits per heavy atom. The van der Waals surface area contributed by atoms with Gasteiger partial charge in [0.05, 0.1) is 11.3 Å². The molecule has 0 spiro atoms. The van der Waals surface area contributed by atoms with Crippen LogP contribution in [0.3, 0.4) is 0 Å². The number of esters is 1. The number of rotatable bonds is 1. The Balaban J connectivity index is 2.15. The number of ether oxygens (including phenoxy) is 1. The molecule has 3 rings (SSSR count). The molecular formula is C15H13Cl2NO3. The lowest BCUT2D eigenvalue weighted by Crippen LogP contribution is -2.38. The number of amides is 1. The molecule has 2 aliphatic heterocycles. The largest absolute Gasteiger partial charge is 0.450 e. The van der Waals surface area contributed by atoms with Crippen molar-refractivity contribution in [3.05, 3.63) is 45.1 Å². The van der Waals surface area contributed by atoms with E-state index < -0.39 is 17.5 Å². The van der Waals surface area contributed by atoms with Crippen molar-refractivity contribution in [3.63, 3.8) is 0 Å². The molecule has 1 N–H and O–H groups in total. The number of benzene rings is 1. The Morgan fingerprint density at radius 1 is 1.29 bits per heavy atom. The molecule has 0 saturated heterocycles. The van der Waals surface area contributed by atoms with Gasteiger partial charge in [-0.15, -0.1) is 0 Å². The Labute approximate surface area is 132 Å². The molecule has 0 aromatic heterocycles. The summed E-state index contributed by atoms with van der Waals surface area (Å²) in [7, 11) is 0. The minimum Gasteiger partial charge on any atom is -0.450 e. The highest BCUT2D eigenvalue weighted by Gasteiger charge is 2.47. The number of hydrogen-bond acceptors (Lipinski definition) is 3. The molecule has 6 heteroatoms. The number of hydrogen-bond donors (Lipinski definition) is 1. The van der Waals surface area contributed by atoms with E-state index in [1.54, 1.807) is 32.0 Å². The fourth-order valence-corrected chi connectivity index (χ4v) is 3.37. The third-order valence-corrected chi connectivity index (χ3v) is 4.34. The first-order valence-corrected chi connectivity index (χ1v) is 7.28. The summed E-state index contributed by atoms with van der Waals surface area (Å²) in [5.74, 6) is -0.977. The standard InChI is InChI=1S/C15H13Cl2NO3/c1-15(2)13-12(14(20)21-15)9(6-11(19)18-13)8-4-3-7(16)5-10(8)17/h3-5,9H,6H2,1-2H3,(H,18,19). The Hall–Kier alpha value is -1.52. The molecule has 21 heavy (non-hydrogen) atoms. The minimum atomic E-state index is -0.834. The summed E-state index contributed by atoms with van der Waals surface area (Å²) in [6, 6.07) is 5.05. The number of halogens is 2. The van der Waals surface area contributed by atoms with Gasteiger partial charge >= 0.3 is 5.97 Å². The molecule has 1 aromatic carbocycles. The zero-order valence-electron chi connectivity index (χ0n) is 11.5. The molecule has 110 valence electrons. The number of carbonyl (C=O) groups is 2. The van der Waals surface area contributed by atoms with Crippen LogP contribution in [0.5, 0.6) is 0 Å². The molecule has 0 radical (unpaired) electrons. The van der Waals surface area contributed by atoms with E-state index in [1.807, 2.05) is 0 Å². The molecule has 1 unspecified atom stereocenters. The summed E-state index contributed by atoms with van der Waals surface area (Å²) in [6.45, 7) is 3.50. The molecule has 4 nitrogen and oxygen atoms in total. The zero-order valence-corrected chi connectivity index (χ0v) is 13.0. The van der Waals surface area contributed by atoms with E-state index in [2.05, 4.69) is 5.32 Å². The van der Waals surface area contributed by atoms with Crippen LogP contribution < -0.4 is 5.32 Å². The van der Waals surface area contributed by atoms with Gasteiger partial charge in [0, 0.05) is 22.4 Å². The summed E-state index contributed by atoms with van der Waals surface area (Å²) in [4.78, 5) is 24.2. The van der Waals surface area contributed by atoms with Crippen molar-refractivity contribution in [2.75, 3.05) is 0 Å². The first kappa shape index (κ1) is 14.4. The highest BCUT2D eigenvalue weighted by molar-refractivity contribution is 6.35. The molecule has 2 aliphatic rings. The SMILES string of the molecule is CC1(C)OC(=O)C2=C1NC(=O)CC2c1ccc(Cl)cc1Cl. The van der Waals surface area contributed by atoms with Crippen LogP contribution in [0.25, 0.3) is 0 Å². The zero-order chi connectivity index (χ0) is 15.4. The second kappa shape index (κ2) is 4.75. The number of nitrogens with one attached hydrogen (secondary N) is 1. The third kappa shape index (κ3) is 2.32. The minimum absolute atomic E-state index is 0.156. The first-order chi connectivity index (χ1) is 9.79. The summed E-state index contributed by atoms with van der Waals surface area (Å²) in [6.07, 6.45) is 0.158. The normalized spacial score (nSPS) is 23.7. The van der Waals surface area contributed by atoms with Crippen molar-refractivity contribution in [2.24, 2.45) is 0 Å². The third-order valence-electron chi connectivity index (χ3n) is 3.78. The Bertz CT molecular complexity index is 694. The van der Waals surface area contributed by atoms with Crippen LogP contribution in [0.1, 0.15) is 31.7 Å². The molecule has 0 bridgehead atoms. The van der Waals surface area contributed by atoms with Gasteiger partial charge in [0.1, 0.15) is 5.60 Å². The quantitative estimate of drug-likeness (QED) is 0.807. The lowest BCUT2D eigenvalue weighted by Gasteiger charge is -2.27. The predicted molar refractivity (Wildman–Crippen MR) is 79.2 cm³/mol. The van der Waals surface area contributed by atoms with Crippen LogP contribution in [0.2, 0.25) is 10.0 Å². The van der Waals surface area contributed by atoms with Crippen LogP contribution in [0.4, 0.5) is 0 Å². The summed E-state index contributed by atoms with van der Waals surface area (Å²) in [5.41, 5.74) is 0.876. The van der Waals surface area contributed by atoms with Gasteiger partial charge in [0.2, 0.25) is 5.91 Å². The summed E-state index contributed by atoms with van der Waals surface area (Å²) >= 11 is 12.1. The predicted octanol–water partition coefficient (Wildman–Crippen LogP) is 3.19. The molecule has 0 aliphatic carbocycles. The van der Waals surface area contributed by atoms with Crippen LogP contribution in [0.15, 0.2) is 29.5 Å². The number of cyclic esters (lactones) is 1. The van der Waals surface area contributed by atoms with Crippen molar-refractivity contribution >= 4 is 35.1 Å². The van der Waals surface area contributed by atoms with Crippen molar-refractivity contribution in [1.82, 2.24) is 5.32 Å². The van der Waals surface area contributed by atoms with E-state index in [-0.39, 0.29) is 12.3 Å². The van der Waals surface area contributed by atoms with E-state index in [9.17, 15) is 9.59 Å². The monoisotopic (exact) mass is 325 g/mol. The highest BCUT2D eigenvalue weighted by Crippen LogP contribution is 2.44. The van der Waals surface area contributed by atoms with E-state index >= 15 is 0 Å². The van der Waals surface area contributed by atoms with E-state index in [0.717, 1.165) is 0 Å². The summed E-state index contributed by atoms with van der Waals surface area (Å²) < 4.78 is 5.36. The van der Waals surface area contributed by atoms with Gasteiger partial charge in [-0.1, -0.05) is 29.3 Å². The topological polar surface area (TPSA) is 55.4 Å². The smallest absolute Gasteiger partial charge is 0.337 e. The van der Waals surface area contributed by atoms with Gasteiger partial charge < -0.3 is 10.1 Å². The van der Waals surface area contributed by atoms with Crippen LogP contribution in [0, 0.1) is 0 Å². The maximum Gasteiger partial charge on any atom is 0.337 e. The molecule has 1 atom stereocenters. The molecule has 2 heterocycles. The highest BCUT2D eigenvalue weighted by atomic mass is 35.5. The van der Waals surface area contributed by atoms with Gasteiger partial charge in [-0.2, -0.15) is 0 Å². The fraction of sp³-hybridized carbons (Fsp3) is 0.333. The Kier molecular flexibility index (Phi) is 3.26. The van der Waals surface area contributed by atoms with Gasteiger partial charge in [0.25, 0.3) is 0 Å². The fourth-order valence-electron chi connectivity index (χ4n) is 2.83. The molecule has 1 amide bonds. The van der Waals surface area contributed by atoms with Gasteiger partial charge in [-0.05, 0) is 31.5 Å². The average molecular weight is 326 g/mol. The van der Waals surface area contributed by atoms with E-state index in [0.29, 0.717) is 26.9 Å². The molecule has 0 fully saturated rings. The van der Waals surface area contributed by atoms with Crippen molar-refractivity contribution < 1.29 is 14.3 Å². The maximum atomic E-state index is 12.2. The number of carbonyl (C=O) groups excluding carboxylic acids is 2. The van der Waals surface area contributed by atoms with Crippen LogP contribution >= 0.6 is 23.2 Å². The van der Waals surface area contributed by atoms with Gasteiger partial charge in [0.15, 0.2) is 0 Å². The first-order valence-electron chi connectivity index (χ1n) is 6.52. The lowest BCUT2D eigenvalue weighted by molar-refractivity contribution is -0.144. The van der Waals surface area contributed by atoms with Gasteiger partial charge in [-0.25, -0.2) is 4.79 Å². The van der Waals surface area contributed by atoms with Crippen LogP contribution in [-0.4, -0.2) is 17.5 Å². The summed E-state index contributed by atoms with van der Waals surface area (Å²) in [5, 5.41) is 3.70. The van der Waals surface area contributed by atoms with Crippen molar-refractivity contribution in [1.29, 1.82) is 0 Å². The second-order valence-electron chi connectivity index (χ2n) is 5.66. The molecule has 1 aromatic rings. The molecular weight excluding hydrogens is 313 g/mol. The second-order valence-corrected chi connectivity index (χ2v) is 6.50. The van der Waals surface area contributed by atoms with E-state index in [1.165, 1.54) is 0 Å². The van der Waals surface area contributed by atoms with Crippen molar-refractivity contribution in [3.8, 4) is 0 Å². The van der Waals surface area contributed by atoms with E-state index in [4.69, 9.17) is 27.9 Å². The molecule has 0 saturated carbocycles. The van der Waals surface area contributed by atoms with Crippen molar-refractivity contribution in [2.45, 2.75) is 31.8 Å².